The number of benzene rings is 5. The molecule has 3 heterocycles. The zero-order chi connectivity index (χ0) is 68.5. The van der Waals surface area contributed by atoms with Gasteiger partial charge in [0.05, 0.1) is 27.9 Å². The number of unbranched alkanes of at least 4 members (excludes halogenated alkanes) is 1. The summed E-state index contributed by atoms with van der Waals surface area (Å²) in [6.45, 7) is 5.82. The van der Waals surface area contributed by atoms with Gasteiger partial charge in [0.15, 0.2) is 10.7 Å². The van der Waals surface area contributed by atoms with E-state index in [1.54, 1.807) is 50.2 Å². The van der Waals surface area contributed by atoms with Crippen LogP contribution >= 0.6 is 12.2 Å². The van der Waals surface area contributed by atoms with Gasteiger partial charge in [0, 0.05) is 60.1 Å². The van der Waals surface area contributed by atoms with Crippen LogP contribution in [0.4, 0.5) is 22.7 Å². The SMILES string of the molecule is CC(C)[C@H](NC(=O)[C@H](Cc1ccc(O)cc1)NC(=S)Nc1ccc2c(c1)C1(OC2=O)c2ccc(O)cc2Oc2cc(O)ccc21)C(=O)N[C@@H](C)C(=O)N[C@@H](CC(=O)O)C(=O)N[C@@H](C)C(=O)N1CCC[C@H]1C(=O)N[C@@H](CCCCNc1ccc([N+](=O)[O-])cc1[N+](=O)[O-])C(=O)O. The summed E-state index contributed by atoms with van der Waals surface area (Å²) in [5.74, 6) is -9.71. The minimum Gasteiger partial charge on any atom is -0.508 e. The van der Waals surface area contributed by atoms with Crippen molar-refractivity contribution in [3.63, 3.8) is 0 Å². The van der Waals surface area contributed by atoms with Crippen LogP contribution in [-0.2, 0) is 55.1 Å². The van der Waals surface area contributed by atoms with Crippen LogP contribution in [0.5, 0.6) is 28.7 Å². The minimum atomic E-state index is -1.83. The number of likely N-dealkylation sites (tertiary alicyclic amines) is 1. The van der Waals surface area contributed by atoms with E-state index in [0.717, 1.165) is 17.0 Å². The number of non-ortho nitro benzene ring substituents is 1. The van der Waals surface area contributed by atoms with Crippen LogP contribution in [0.3, 0.4) is 0 Å². The first kappa shape index (κ1) is 68.7. The predicted molar refractivity (Wildman–Crippen MR) is 336 cm³/mol. The number of esters is 1. The third-order valence-electron chi connectivity index (χ3n) is 15.8. The molecule has 8 rings (SSSR count). The second-order valence-electron chi connectivity index (χ2n) is 22.9. The van der Waals surface area contributed by atoms with Crippen molar-refractivity contribution in [3.8, 4) is 28.7 Å². The van der Waals surface area contributed by atoms with Crippen molar-refractivity contribution in [2.75, 3.05) is 23.7 Å². The lowest BCUT2D eigenvalue weighted by Gasteiger charge is -2.36. The number of nitro groups is 2. The van der Waals surface area contributed by atoms with E-state index in [-0.39, 0.29) is 90.3 Å². The quantitative estimate of drug-likeness (QED) is 0.0116. The topological polar surface area (TPSA) is 459 Å². The number of nitro benzene ring substituents is 2. The highest BCUT2D eigenvalue weighted by Crippen LogP contribution is 2.57. The maximum Gasteiger partial charge on any atom is 0.340 e. The number of carbonyl (C=O) groups is 9. The molecule has 3 aliphatic heterocycles. The molecule has 496 valence electrons. The van der Waals surface area contributed by atoms with Crippen LogP contribution in [0.15, 0.2) is 97.1 Å². The van der Waals surface area contributed by atoms with Crippen molar-refractivity contribution in [2.45, 2.75) is 121 Å². The maximum absolute atomic E-state index is 14.4. The number of amides is 6. The van der Waals surface area contributed by atoms with Crippen molar-refractivity contribution < 1.29 is 88.0 Å². The first-order valence-corrected chi connectivity index (χ1v) is 30.0. The van der Waals surface area contributed by atoms with Gasteiger partial charge >= 0.3 is 17.9 Å². The average Bonchev–Trinajstić information content (AvgIpc) is 1.46. The van der Waals surface area contributed by atoms with E-state index in [2.05, 4.69) is 42.5 Å². The lowest BCUT2D eigenvalue weighted by atomic mass is 9.77. The molecule has 5 aromatic rings. The Morgan fingerprint density at radius 3 is 1.94 bits per heavy atom. The first-order chi connectivity index (χ1) is 44.5. The Balaban J connectivity index is 0.871. The second-order valence-corrected chi connectivity index (χ2v) is 23.3. The number of aliphatic carboxylic acids is 2. The Labute approximate surface area is 540 Å². The molecule has 31 nitrogen and oxygen atoms in total. The van der Waals surface area contributed by atoms with Gasteiger partial charge in [0.1, 0.15) is 76.7 Å². The standard InChI is InChI=1S/C62H67N11O20S/c1-30(2)52(70-55(81)45(24-33-10-14-36(74)15-11-33)69-61(94)66-34-12-18-39-42(25-34)62(93-60(39)87)40-19-16-37(75)27-49(40)92-50-28-38(76)17-20-41(50)62)57(83)64-31(3)53(79)68-46(29-51(77)78)54(80)65-32(4)58(84)71-23-7-9-47(71)56(82)67-44(59(85)86)8-5-6-22-63-43-21-13-35(72(88)89)26-48(43)73(90)91/h10-21,25-28,30-32,44-47,52,63,74-76H,5-9,22-24,29H2,1-4H3,(H,64,83)(H,65,80)(H,67,82)(H,68,79)(H,70,81)(H,77,78)(H,85,86)(H2,66,69,94)/t31-,32-,44-,45-,46-,47-,52-/m0/s1. The van der Waals surface area contributed by atoms with Crippen molar-refractivity contribution >= 4 is 93.4 Å². The number of hydrogen-bond donors (Lipinski definition) is 13. The van der Waals surface area contributed by atoms with E-state index < -0.39 is 135 Å². The number of nitrogens with zero attached hydrogens (tertiary/aromatic N) is 3. The summed E-state index contributed by atoms with van der Waals surface area (Å²) in [5.41, 5.74) is -0.515. The van der Waals surface area contributed by atoms with Gasteiger partial charge < -0.3 is 82.4 Å². The fourth-order valence-electron chi connectivity index (χ4n) is 11.1. The zero-order valence-electron chi connectivity index (χ0n) is 50.8. The van der Waals surface area contributed by atoms with Crippen molar-refractivity contribution in [1.82, 2.24) is 36.8 Å². The largest absolute Gasteiger partial charge is 0.508 e. The molecule has 0 unspecified atom stereocenters. The Hall–Kier alpha value is -11.2. The number of ether oxygens (including phenoxy) is 2. The number of fused-ring (bicyclic) bond motifs is 6. The van der Waals surface area contributed by atoms with Gasteiger partial charge in [-0.3, -0.25) is 53.8 Å². The summed E-state index contributed by atoms with van der Waals surface area (Å²) < 4.78 is 12.2. The Morgan fingerprint density at radius 2 is 1.32 bits per heavy atom. The number of phenolic OH excluding ortho intramolecular Hbond substituents is 3. The second kappa shape index (κ2) is 29.4. The number of phenols is 3. The van der Waals surface area contributed by atoms with E-state index in [1.807, 2.05) is 0 Å². The number of thiocarbonyl (C=S) groups is 1. The molecule has 94 heavy (non-hydrogen) atoms. The monoisotopic (exact) mass is 1320 g/mol. The lowest BCUT2D eigenvalue weighted by molar-refractivity contribution is -0.393. The molecular weight excluding hydrogens is 1250 g/mol. The summed E-state index contributed by atoms with van der Waals surface area (Å²) >= 11 is 5.76. The number of carboxylic acids is 2. The van der Waals surface area contributed by atoms with E-state index in [1.165, 1.54) is 62.4 Å². The van der Waals surface area contributed by atoms with Crippen LogP contribution < -0.4 is 47.3 Å². The number of hydrogen-bond acceptors (Lipinski definition) is 20. The summed E-state index contributed by atoms with van der Waals surface area (Å²) in [6.07, 6.45) is -0.292. The highest BCUT2D eigenvalue weighted by Gasteiger charge is 2.54. The van der Waals surface area contributed by atoms with Crippen LogP contribution in [0.25, 0.3) is 0 Å². The van der Waals surface area contributed by atoms with Crippen LogP contribution in [-0.4, -0.2) is 154 Å². The van der Waals surface area contributed by atoms with Gasteiger partial charge in [-0.1, -0.05) is 26.0 Å². The minimum absolute atomic E-state index is 0.00463. The fourth-order valence-corrected chi connectivity index (χ4v) is 11.4. The molecule has 13 N–H and O–H groups in total. The molecule has 0 bridgehead atoms. The highest BCUT2D eigenvalue weighted by atomic mass is 32.1. The normalized spacial score (nSPS) is 15.9. The fraction of sp³-hybridized carbons (Fsp3) is 0.355. The molecule has 7 atom stereocenters. The Kier molecular flexibility index (Phi) is 21.5. The van der Waals surface area contributed by atoms with Crippen LogP contribution in [0.2, 0.25) is 0 Å². The Morgan fingerprint density at radius 1 is 0.681 bits per heavy atom. The number of aromatic hydroxyl groups is 3. The van der Waals surface area contributed by atoms with Gasteiger partial charge in [-0.2, -0.15) is 0 Å². The van der Waals surface area contributed by atoms with Crippen LogP contribution in [0, 0.1) is 26.1 Å². The van der Waals surface area contributed by atoms with Gasteiger partial charge in [0.2, 0.25) is 35.4 Å². The summed E-state index contributed by atoms with van der Waals surface area (Å²) in [5, 5.41) is 94.1. The van der Waals surface area contributed by atoms with E-state index in [9.17, 15) is 88.9 Å². The van der Waals surface area contributed by atoms with Gasteiger partial charge in [0.25, 0.3) is 11.4 Å². The van der Waals surface area contributed by atoms with Crippen molar-refractivity contribution in [3.05, 3.63) is 145 Å². The summed E-state index contributed by atoms with van der Waals surface area (Å²) in [6, 6.07) is 12.3. The molecule has 0 aromatic heterocycles. The number of anilines is 2. The number of carboxylic acid groups (broad SMARTS) is 2. The third kappa shape index (κ3) is 15.9. The van der Waals surface area contributed by atoms with Gasteiger partial charge in [-0.05, 0) is 130 Å². The molecule has 1 fully saturated rings. The molecule has 3 aliphatic rings. The van der Waals surface area contributed by atoms with Crippen molar-refractivity contribution in [1.29, 1.82) is 0 Å². The highest BCUT2D eigenvalue weighted by molar-refractivity contribution is 7.80. The lowest BCUT2D eigenvalue weighted by Crippen LogP contribution is -2.60. The first-order valence-electron chi connectivity index (χ1n) is 29.6. The smallest absolute Gasteiger partial charge is 0.340 e. The number of rotatable bonds is 27. The third-order valence-corrected chi connectivity index (χ3v) is 16.1. The molecule has 32 heteroatoms. The van der Waals surface area contributed by atoms with E-state index in [0.29, 0.717) is 34.4 Å². The van der Waals surface area contributed by atoms with Crippen molar-refractivity contribution in [2.24, 2.45) is 5.92 Å². The Bertz CT molecular complexity index is 3800. The van der Waals surface area contributed by atoms with Crippen LogP contribution in [0.1, 0.15) is 98.8 Å². The molecular formula is C62H67N11O20S. The van der Waals surface area contributed by atoms with E-state index in [4.69, 9.17) is 21.7 Å². The molecule has 5 aromatic carbocycles. The summed E-state index contributed by atoms with van der Waals surface area (Å²) in [4.78, 5) is 143. The molecule has 1 spiro atoms. The van der Waals surface area contributed by atoms with Gasteiger partial charge in [-0.15, -0.1) is 0 Å². The number of nitrogens with one attached hydrogen (secondary N) is 8. The average molecular weight is 1320 g/mol. The molecule has 6 amide bonds. The molecule has 0 radical (unpaired) electrons. The zero-order valence-corrected chi connectivity index (χ0v) is 51.6. The molecule has 0 aliphatic carbocycles. The summed E-state index contributed by atoms with van der Waals surface area (Å²) in [7, 11) is 0. The maximum atomic E-state index is 14.4. The number of carbonyl (C=O) groups excluding carboxylic acids is 7. The van der Waals surface area contributed by atoms with Gasteiger partial charge in [-0.25, -0.2) is 9.59 Å². The van der Waals surface area contributed by atoms with E-state index >= 15 is 0 Å². The molecule has 1 saturated heterocycles. The predicted octanol–water partition coefficient (Wildman–Crippen LogP) is 4.04. The molecule has 0 saturated carbocycles.